The van der Waals surface area contributed by atoms with Gasteiger partial charge in [-0.2, -0.15) is 0 Å². The molecule has 2 aliphatic rings. The summed E-state index contributed by atoms with van der Waals surface area (Å²) in [5, 5.41) is 3.86. The van der Waals surface area contributed by atoms with Crippen LogP contribution in [0.15, 0.2) is 12.1 Å². The summed E-state index contributed by atoms with van der Waals surface area (Å²) in [6.45, 7) is 1.16. The molecule has 0 radical (unpaired) electrons. The summed E-state index contributed by atoms with van der Waals surface area (Å²) in [6, 6.07) is 1.66. The van der Waals surface area contributed by atoms with E-state index < -0.39 is 60.1 Å². The van der Waals surface area contributed by atoms with Crippen molar-refractivity contribution in [1.29, 1.82) is 0 Å². The van der Waals surface area contributed by atoms with Gasteiger partial charge in [0.05, 0.1) is 11.6 Å². The number of rotatable bonds is 11. The number of ether oxygens (including phenoxy) is 1. The van der Waals surface area contributed by atoms with E-state index in [-0.39, 0.29) is 28.9 Å². The van der Waals surface area contributed by atoms with Crippen LogP contribution >= 0.6 is 0 Å². The molecule has 1 aromatic rings. The molecule has 6 N–H and O–H groups in total. The molecule has 3 atom stereocenters. The topological polar surface area (TPSA) is 154 Å². The fourth-order valence-corrected chi connectivity index (χ4v) is 6.27. The molecule has 13 heteroatoms. The smallest absolute Gasteiger partial charge is 0.405 e. The molecule has 228 valence electrons. The average molecular weight is 587 g/mol. The Morgan fingerprint density at radius 3 is 1.88 bits per heavy atom. The normalized spacial score (nSPS) is 18.9. The zero-order valence-corrected chi connectivity index (χ0v) is 23.0. The molecular weight excluding hydrogens is 548 g/mol. The minimum Gasteiger partial charge on any atom is -0.436 e. The van der Waals surface area contributed by atoms with Crippen molar-refractivity contribution in [3.63, 3.8) is 0 Å². The fourth-order valence-electron chi connectivity index (χ4n) is 6.27. The summed E-state index contributed by atoms with van der Waals surface area (Å²) in [5.41, 5.74) is 9.64. The molecule has 4 amide bonds. The molecule has 2 aliphatic carbocycles. The van der Waals surface area contributed by atoms with Crippen LogP contribution < -0.4 is 22.1 Å². The maximum absolute atomic E-state index is 15.3. The van der Waals surface area contributed by atoms with Gasteiger partial charge in [-0.15, -0.1) is 0 Å². The van der Waals surface area contributed by atoms with E-state index in [0.29, 0.717) is 0 Å². The number of primary amides is 2. The Bertz CT molecular complexity index is 1090. The van der Waals surface area contributed by atoms with Crippen LogP contribution in [0.25, 0.3) is 0 Å². The lowest BCUT2D eigenvalue weighted by Gasteiger charge is -2.40. The monoisotopic (exact) mass is 586 g/mol. The molecule has 2 unspecified atom stereocenters. The first kappa shape index (κ1) is 32.1. The third-order valence-corrected chi connectivity index (χ3v) is 8.26. The van der Waals surface area contributed by atoms with Crippen LogP contribution in [0.1, 0.15) is 93.0 Å². The Morgan fingerprint density at radius 2 is 1.41 bits per heavy atom. The minimum absolute atomic E-state index is 0.0993. The van der Waals surface area contributed by atoms with Gasteiger partial charge in [-0.3, -0.25) is 14.4 Å². The lowest BCUT2D eigenvalue weighted by Crippen LogP contribution is -2.46. The van der Waals surface area contributed by atoms with Crippen molar-refractivity contribution in [3.05, 3.63) is 29.1 Å². The van der Waals surface area contributed by atoms with Gasteiger partial charge >= 0.3 is 6.09 Å². The third-order valence-electron chi connectivity index (χ3n) is 8.26. The van der Waals surface area contributed by atoms with E-state index in [1.54, 1.807) is 0 Å². The van der Waals surface area contributed by atoms with Gasteiger partial charge in [0, 0.05) is 11.5 Å². The van der Waals surface area contributed by atoms with Gasteiger partial charge in [-0.25, -0.2) is 22.4 Å². The second kappa shape index (κ2) is 14.5. The van der Waals surface area contributed by atoms with Gasteiger partial charge in [0.2, 0.25) is 18.1 Å². The molecule has 0 saturated heterocycles. The molecule has 0 spiro atoms. The van der Waals surface area contributed by atoms with Crippen LogP contribution in [-0.2, 0) is 14.3 Å². The first-order chi connectivity index (χ1) is 19.4. The summed E-state index contributed by atoms with van der Waals surface area (Å²) < 4.78 is 59.1. The number of carbonyl (C=O) groups excluding carboxylic acids is 4. The third kappa shape index (κ3) is 8.32. The number of amides is 4. The second-order valence-electron chi connectivity index (χ2n) is 11.0. The summed E-state index contributed by atoms with van der Waals surface area (Å²) in [7, 11) is 0. The largest absolute Gasteiger partial charge is 0.436 e. The van der Waals surface area contributed by atoms with Gasteiger partial charge in [-0.1, -0.05) is 64.2 Å². The SMILES string of the molecule is CC(C(=O)NC(F)C(F)F)c1cc(F)c(NC(=O)[C@@H](OC(N)=O)C(C2CCCCC2)C2CCCCC2)cc1C(N)=O. The van der Waals surface area contributed by atoms with Crippen LogP contribution in [0.3, 0.4) is 0 Å². The number of hydrogen-bond acceptors (Lipinski definition) is 5. The van der Waals surface area contributed by atoms with Gasteiger partial charge in [-0.05, 0) is 36.5 Å². The number of halogens is 4. The van der Waals surface area contributed by atoms with Crippen molar-refractivity contribution >= 4 is 29.5 Å². The molecule has 2 saturated carbocycles. The van der Waals surface area contributed by atoms with Crippen LogP contribution in [0, 0.1) is 23.6 Å². The highest BCUT2D eigenvalue weighted by molar-refractivity contribution is 6.00. The molecule has 3 rings (SSSR count). The number of alkyl halides is 3. The van der Waals surface area contributed by atoms with Crippen LogP contribution in [0.2, 0.25) is 0 Å². The molecule has 0 aromatic heterocycles. The molecule has 0 bridgehead atoms. The zero-order chi connectivity index (χ0) is 30.3. The lowest BCUT2D eigenvalue weighted by molar-refractivity contribution is -0.130. The number of nitrogens with two attached hydrogens (primary N) is 2. The van der Waals surface area contributed by atoms with E-state index in [2.05, 4.69) is 5.32 Å². The second-order valence-corrected chi connectivity index (χ2v) is 11.0. The average Bonchev–Trinajstić information content (AvgIpc) is 2.93. The molecule has 1 aromatic carbocycles. The van der Waals surface area contributed by atoms with E-state index in [1.807, 2.05) is 0 Å². The van der Waals surface area contributed by atoms with Gasteiger partial charge in [0.15, 0.2) is 6.10 Å². The van der Waals surface area contributed by atoms with Crippen LogP contribution in [-0.4, -0.2) is 42.6 Å². The van der Waals surface area contributed by atoms with E-state index in [4.69, 9.17) is 16.2 Å². The van der Waals surface area contributed by atoms with E-state index in [1.165, 1.54) is 5.32 Å². The lowest BCUT2D eigenvalue weighted by atomic mass is 9.67. The minimum atomic E-state index is -3.49. The Morgan fingerprint density at radius 1 is 0.878 bits per heavy atom. The summed E-state index contributed by atoms with van der Waals surface area (Å²) in [5.74, 6) is -5.81. The predicted molar refractivity (Wildman–Crippen MR) is 142 cm³/mol. The Kier molecular flexibility index (Phi) is 11.4. The van der Waals surface area contributed by atoms with Crippen molar-refractivity contribution in [1.82, 2.24) is 5.32 Å². The van der Waals surface area contributed by atoms with Gasteiger partial charge in [0.1, 0.15) is 5.82 Å². The van der Waals surface area contributed by atoms with Gasteiger partial charge < -0.3 is 26.8 Å². The Hall–Kier alpha value is -3.38. The highest BCUT2D eigenvalue weighted by Crippen LogP contribution is 2.43. The molecule has 2 fully saturated rings. The molecule has 41 heavy (non-hydrogen) atoms. The number of benzene rings is 1. The maximum atomic E-state index is 15.3. The number of anilines is 1. The fraction of sp³-hybridized carbons (Fsp3) is 0.643. The molecular formula is C28H38F4N4O5. The summed E-state index contributed by atoms with van der Waals surface area (Å²) in [6.07, 6.45) is 0.546. The number of nitrogens with one attached hydrogen (secondary N) is 2. The first-order valence-electron chi connectivity index (χ1n) is 14.0. The van der Waals surface area contributed by atoms with E-state index in [9.17, 15) is 32.3 Å². The maximum Gasteiger partial charge on any atom is 0.405 e. The first-order valence-corrected chi connectivity index (χ1v) is 14.0. The van der Waals surface area contributed by atoms with Crippen LogP contribution in [0.4, 0.5) is 28.0 Å². The van der Waals surface area contributed by atoms with Crippen molar-refractivity contribution in [2.75, 3.05) is 5.32 Å². The Balaban J connectivity index is 1.92. The van der Waals surface area contributed by atoms with Crippen molar-refractivity contribution in [3.8, 4) is 0 Å². The van der Waals surface area contributed by atoms with Crippen molar-refractivity contribution in [2.45, 2.75) is 95.9 Å². The van der Waals surface area contributed by atoms with Crippen molar-refractivity contribution < 1.29 is 41.5 Å². The molecule has 9 nitrogen and oxygen atoms in total. The molecule has 0 heterocycles. The highest BCUT2D eigenvalue weighted by atomic mass is 19.3. The number of carbonyl (C=O) groups is 4. The zero-order valence-electron chi connectivity index (χ0n) is 23.0. The highest BCUT2D eigenvalue weighted by Gasteiger charge is 2.42. The summed E-state index contributed by atoms with van der Waals surface area (Å²) >= 11 is 0. The van der Waals surface area contributed by atoms with E-state index in [0.717, 1.165) is 83.3 Å². The van der Waals surface area contributed by atoms with Crippen LogP contribution in [0.5, 0.6) is 0 Å². The standard InChI is InChI=1S/C28H38F4N4O5/c1-14(26(38)36-24(32)23(30)31)17-12-19(29)20(13-18(17)25(33)37)35-27(39)22(41-28(34)40)21(15-8-4-2-5-9-15)16-10-6-3-7-11-16/h12-16,21-24H,2-11H2,1H3,(H2,33,37)(H2,34,40)(H,35,39)(H,36,38)/t14?,22-,24?/m0/s1. The quantitative estimate of drug-likeness (QED) is 0.215. The van der Waals surface area contributed by atoms with Crippen molar-refractivity contribution in [2.24, 2.45) is 29.2 Å². The number of hydrogen-bond donors (Lipinski definition) is 4. The predicted octanol–water partition coefficient (Wildman–Crippen LogP) is 4.88. The summed E-state index contributed by atoms with van der Waals surface area (Å²) in [4.78, 5) is 50.0. The van der Waals surface area contributed by atoms with Gasteiger partial charge in [0.25, 0.3) is 12.3 Å². The molecule has 0 aliphatic heterocycles. The Labute approximate surface area is 236 Å². The van der Waals surface area contributed by atoms with E-state index >= 15 is 4.39 Å².